The Bertz CT molecular complexity index is 486. The Morgan fingerprint density at radius 3 is 2.72 bits per heavy atom. The first-order valence-corrected chi connectivity index (χ1v) is 6.21. The SMILES string of the molecule is C=C(C)CC1C=Cc2c(cc(OC)cc2OC)C1. The Hall–Kier alpha value is -1.70. The molecule has 1 unspecified atom stereocenters. The summed E-state index contributed by atoms with van der Waals surface area (Å²) < 4.78 is 10.7. The van der Waals surface area contributed by atoms with Gasteiger partial charge >= 0.3 is 0 Å². The van der Waals surface area contributed by atoms with E-state index >= 15 is 0 Å². The van der Waals surface area contributed by atoms with Gasteiger partial charge in [0.2, 0.25) is 0 Å². The minimum absolute atomic E-state index is 0.534. The van der Waals surface area contributed by atoms with Crippen LogP contribution in [-0.4, -0.2) is 14.2 Å². The maximum Gasteiger partial charge on any atom is 0.130 e. The fraction of sp³-hybridized carbons (Fsp3) is 0.375. The summed E-state index contributed by atoms with van der Waals surface area (Å²) in [6, 6.07) is 4.04. The second-order valence-electron chi connectivity index (χ2n) is 4.89. The van der Waals surface area contributed by atoms with Gasteiger partial charge < -0.3 is 9.47 Å². The molecule has 0 aromatic heterocycles. The van der Waals surface area contributed by atoms with Crippen LogP contribution in [0.5, 0.6) is 11.5 Å². The predicted octanol–water partition coefficient (Wildman–Crippen LogP) is 3.86. The van der Waals surface area contributed by atoms with Crippen molar-refractivity contribution in [2.45, 2.75) is 19.8 Å². The third-order valence-corrected chi connectivity index (χ3v) is 3.28. The lowest BCUT2D eigenvalue weighted by Crippen LogP contribution is -2.08. The highest BCUT2D eigenvalue weighted by Gasteiger charge is 2.18. The molecule has 0 N–H and O–H groups in total. The van der Waals surface area contributed by atoms with Crippen LogP contribution in [0.4, 0.5) is 0 Å². The van der Waals surface area contributed by atoms with E-state index in [-0.39, 0.29) is 0 Å². The number of fused-ring (bicyclic) bond motifs is 1. The molecule has 1 aromatic carbocycles. The molecule has 0 saturated carbocycles. The van der Waals surface area contributed by atoms with Crippen LogP contribution in [0, 0.1) is 5.92 Å². The number of ether oxygens (including phenoxy) is 2. The normalized spacial score (nSPS) is 17.2. The van der Waals surface area contributed by atoms with Gasteiger partial charge in [-0.25, -0.2) is 0 Å². The van der Waals surface area contributed by atoms with Gasteiger partial charge in [-0.15, -0.1) is 6.58 Å². The zero-order valence-electron chi connectivity index (χ0n) is 11.3. The summed E-state index contributed by atoms with van der Waals surface area (Å²) in [5.41, 5.74) is 3.69. The van der Waals surface area contributed by atoms with E-state index in [1.54, 1.807) is 14.2 Å². The highest BCUT2D eigenvalue weighted by atomic mass is 16.5. The second-order valence-corrected chi connectivity index (χ2v) is 4.89. The van der Waals surface area contributed by atoms with Gasteiger partial charge in [0.05, 0.1) is 14.2 Å². The maximum atomic E-state index is 5.42. The second kappa shape index (κ2) is 5.30. The third kappa shape index (κ3) is 2.58. The van der Waals surface area contributed by atoms with Gasteiger partial charge in [0.15, 0.2) is 0 Å². The van der Waals surface area contributed by atoms with Crippen molar-refractivity contribution in [3.63, 3.8) is 0 Å². The Kier molecular flexibility index (Phi) is 3.75. The van der Waals surface area contributed by atoms with Gasteiger partial charge in [0.1, 0.15) is 11.5 Å². The molecule has 2 nitrogen and oxygen atoms in total. The molecule has 2 heteroatoms. The van der Waals surface area contributed by atoms with Crippen molar-refractivity contribution in [3.05, 3.63) is 41.5 Å². The van der Waals surface area contributed by atoms with Crippen molar-refractivity contribution in [2.75, 3.05) is 14.2 Å². The van der Waals surface area contributed by atoms with E-state index < -0.39 is 0 Å². The molecule has 1 atom stereocenters. The summed E-state index contributed by atoms with van der Waals surface area (Å²) in [6.45, 7) is 6.07. The zero-order chi connectivity index (χ0) is 13.1. The van der Waals surface area contributed by atoms with E-state index in [2.05, 4.69) is 31.7 Å². The highest BCUT2D eigenvalue weighted by Crippen LogP contribution is 2.35. The largest absolute Gasteiger partial charge is 0.497 e. The summed E-state index contributed by atoms with van der Waals surface area (Å²) in [5.74, 6) is 2.27. The molecule has 0 fully saturated rings. The Balaban J connectivity index is 2.33. The summed E-state index contributed by atoms with van der Waals surface area (Å²) in [6.07, 6.45) is 6.47. The fourth-order valence-electron chi connectivity index (χ4n) is 2.47. The Labute approximate surface area is 109 Å². The summed E-state index contributed by atoms with van der Waals surface area (Å²) in [7, 11) is 3.38. The summed E-state index contributed by atoms with van der Waals surface area (Å²) in [5, 5.41) is 0. The maximum absolute atomic E-state index is 5.42. The van der Waals surface area contributed by atoms with Crippen molar-refractivity contribution in [2.24, 2.45) is 5.92 Å². The average Bonchev–Trinajstić information content (AvgIpc) is 2.36. The van der Waals surface area contributed by atoms with Gasteiger partial charge in [-0.1, -0.05) is 17.7 Å². The summed E-state index contributed by atoms with van der Waals surface area (Å²) >= 11 is 0. The molecular weight excluding hydrogens is 224 g/mol. The topological polar surface area (TPSA) is 18.5 Å². The molecule has 1 aromatic rings. The van der Waals surface area contributed by atoms with Crippen molar-refractivity contribution in [1.82, 2.24) is 0 Å². The lowest BCUT2D eigenvalue weighted by atomic mass is 9.85. The smallest absolute Gasteiger partial charge is 0.130 e. The number of methoxy groups -OCH3 is 2. The third-order valence-electron chi connectivity index (χ3n) is 3.28. The van der Waals surface area contributed by atoms with Crippen LogP contribution in [-0.2, 0) is 6.42 Å². The first-order chi connectivity index (χ1) is 8.63. The minimum Gasteiger partial charge on any atom is -0.497 e. The number of hydrogen-bond donors (Lipinski definition) is 0. The molecule has 0 saturated heterocycles. The lowest BCUT2D eigenvalue weighted by Gasteiger charge is -2.22. The predicted molar refractivity (Wildman–Crippen MR) is 75.2 cm³/mol. The van der Waals surface area contributed by atoms with Crippen LogP contribution < -0.4 is 9.47 Å². The van der Waals surface area contributed by atoms with Gasteiger partial charge in [-0.2, -0.15) is 0 Å². The van der Waals surface area contributed by atoms with Crippen LogP contribution in [0.2, 0.25) is 0 Å². The number of hydrogen-bond acceptors (Lipinski definition) is 2. The molecule has 0 heterocycles. The molecule has 0 amide bonds. The van der Waals surface area contributed by atoms with E-state index in [0.29, 0.717) is 5.92 Å². The van der Waals surface area contributed by atoms with Gasteiger partial charge in [0, 0.05) is 11.6 Å². The number of benzene rings is 1. The average molecular weight is 244 g/mol. The fourth-order valence-corrected chi connectivity index (χ4v) is 2.47. The van der Waals surface area contributed by atoms with E-state index in [1.807, 2.05) is 6.07 Å². The van der Waals surface area contributed by atoms with Crippen LogP contribution in [0.1, 0.15) is 24.5 Å². The van der Waals surface area contributed by atoms with Crippen LogP contribution in [0.3, 0.4) is 0 Å². The highest BCUT2D eigenvalue weighted by molar-refractivity contribution is 5.65. The van der Waals surface area contributed by atoms with Crippen LogP contribution in [0.25, 0.3) is 6.08 Å². The molecule has 2 rings (SSSR count). The first kappa shape index (κ1) is 12.7. The molecule has 96 valence electrons. The van der Waals surface area contributed by atoms with E-state index in [0.717, 1.165) is 24.3 Å². The molecule has 18 heavy (non-hydrogen) atoms. The lowest BCUT2D eigenvalue weighted by molar-refractivity contribution is 0.392. The molecule has 0 bridgehead atoms. The summed E-state index contributed by atoms with van der Waals surface area (Å²) in [4.78, 5) is 0. The quantitative estimate of drug-likeness (QED) is 0.749. The van der Waals surface area contributed by atoms with E-state index in [1.165, 1.54) is 16.7 Å². The van der Waals surface area contributed by atoms with Crippen LogP contribution >= 0.6 is 0 Å². The van der Waals surface area contributed by atoms with E-state index in [9.17, 15) is 0 Å². The Morgan fingerprint density at radius 1 is 1.33 bits per heavy atom. The zero-order valence-corrected chi connectivity index (χ0v) is 11.3. The van der Waals surface area contributed by atoms with Gasteiger partial charge in [-0.05, 0) is 37.3 Å². The molecule has 1 aliphatic rings. The van der Waals surface area contributed by atoms with Gasteiger partial charge in [-0.3, -0.25) is 0 Å². The van der Waals surface area contributed by atoms with E-state index in [4.69, 9.17) is 9.47 Å². The molecule has 0 spiro atoms. The molecular formula is C16H20O2. The molecule has 0 radical (unpaired) electrons. The van der Waals surface area contributed by atoms with Crippen molar-refractivity contribution in [3.8, 4) is 11.5 Å². The van der Waals surface area contributed by atoms with Crippen molar-refractivity contribution >= 4 is 6.08 Å². The van der Waals surface area contributed by atoms with Crippen molar-refractivity contribution < 1.29 is 9.47 Å². The first-order valence-electron chi connectivity index (χ1n) is 6.21. The standard InChI is InChI=1S/C16H20O2/c1-11(2)7-12-5-6-15-13(8-12)9-14(17-3)10-16(15)18-4/h5-6,9-10,12H,1,7-8H2,2-4H3. The molecule has 0 aliphatic heterocycles. The molecule has 1 aliphatic carbocycles. The Morgan fingerprint density at radius 2 is 2.11 bits per heavy atom. The van der Waals surface area contributed by atoms with Crippen molar-refractivity contribution in [1.29, 1.82) is 0 Å². The van der Waals surface area contributed by atoms with Gasteiger partial charge in [0.25, 0.3) is 0 Å². The van der Waals surface area contributed by atoms with Crippen LogP contribution in [0.15, 0.2) is 30.4 Å². The number of rotatable bonds is 4. The monoisotopic (exact) mass is 244 g/mol. The minimum atomic E-state index is 0.534. The number of allylic oxidation sites excluding steroid dienone is 2.